The Kier molecular flexibility index (Phi) is 4.08. The van der Waals surface area contributed by atoms with Crippen LogP contribution in [0.4, 0.5) is 0 Å². The van der Waals surface area contributed by atoms with Gasteiger partial charge in [-0.05, 0) is 59.3 Å². The van der Waals surface area contributed by atoms with Gasteiger partial charge in [0.25, 0.3) is 0 Å². The Morgan fingerprint density at radius 1 is 0.952 bits per heavy atom. The lowest BCUT2D eigenvalue weighted by molar-refractivity contribution is 0.537. The zero-order valence-corrected chi connectivity index (χ0v) is 12.2. The van der Waals surface area contributed by atoms with E-state index in [0.717, 1.165) is 23.9 Å². The third-order valence-corrected chi connectivity index (χ3v) is 4.20. The van der Waals surface area contributed by atoms with Gasteiger partial charge in [0.05, 0.1) is 5.52 Å². The summed E-state index contributed by atoms with van der Waals surface area (Å²) in [5, 5.41) is 1.18. The lowest BCUT2D eigenvalue weighted by atomic mass is 10.0. The number of hydrogen-bond donors (Lipinski definition) is 0. The molecule has 0 aliphatic heterocycles. The van der Waals surface area contributed by atoms with Crippen molar-refractivity contribution in [3.63, 3.8) is 0 Å². The zero-order valence-electron chi connectivity index (χ0n) is 11.4. The average molecular weight is 296 g/mol. The molecular weight excluding hydrogens is 282 g/mol. The highest BCUT2D eigenvalue weighted by Crippen LogP contribution is 2.18. The van der Waals surface area contributed by atoms with E-state index in [1.165, 1.54) is 10.9 Å². The van der Waals surface area contributed by atoms with Crippen LogP contribution < -0.4 is 0 Å². The molecule has 1 heterocycles. The summed E-state index contributed by atoms with van der Waals surface area (Å²) in [6, 6.07) is 17.2. The Morgan fingerprint density at radius 3 is 2.48 bits per heavy atom. The number of nitrogens with zero attached hydrogens (tertiary/aromatic N) is 1. The van der Waals surface area contributed by atoms with Crippen LogP contribution in [0.5, 0.6) is 0 Å². The van der Waals surface area contributed by atoms with Crippen molar-refractivity contribution in [2.45, 2.75) is 17.7 Å². The first-order chi connectivity index (χ1) is 10.2. The van der Waals surface area contributed by atoms with Gasteiger partial charge in [-0.3, -0.25) is 9.19 Å². The number of aryl methyl sites for hydroxylation is 2. The fraction of sp³-hybridized carbons (Fsp3) is 0.118. The summed E-state index contributed by atoms with van der Waals surface area (Å²) < 4.78 is 21.7. The molecule has 0 aliphatic rings. The normalized spacial score (nSPS) is 12.4. The van der Waals surface area contributed by atoms with Crippen LogP contribution in [0.1, 0.15) is 11.1 Å². The highest BCUT2D eigenvalue weighted by molar-refractivity contribution is 7.79. The molecule has 1 unspecified atom stereocenters. The molecule has 0 radical (unpaired) electrons. The van der Waals surface area contributed by atoms with Crippen LogP contribution in [0.15, 0.2) is 65.7 Å². The summed E-state index contributed by atoms with van der Waals surface area (Å²) >= 11 is -2.15. The summed E-state index contributed by atoms with van der Waals surface area (Å²) in [6.07, 6.45) is 3.62. The molecule has 3 nitrogen and oxygen atoms in total. The molecule has 106 valence electrons. The molecule has 1 atom stereocenters. The minimum Gasteiger partial charge on any atom is -0.768 e. The highest BCUT2D eigenvalue weighted by atomic mass is 32.2. The van der Waals surface area contributed by atoms with E-state index in [1.807, 2.05) is 42.6 Å². The van der Waals surface area contributed by atoms with Crippen LogP contribution in [-0.2, 0) is 23.9 Å². The number of benzene rings is 2. The third kappa shape index (κ3) is 3.17. The fourth-order valence-corrected chi connectivity index (χ4v) is 2.78. The second kappa shape index (κ2) is 6.16. The highest BCUT2D eigenvalue weighted by Gasteiger charge is 2.02. The first kappa shape index (κ1) is 13.9. The maximum Gasteiger partial charge on any atom is 0.0704 e. The van der Waals surface area contributed by atoms with E-state index in [0.29, 0.717) is 4.90 Å². The lowest BCUT2D eigenvalue weighted by Gasteiger charge is -2.08. The molecule has 3 aromatic rings. The molecule has 0 N–H and O–H groups in total. The molecule has 0 bridgehead atoms. The van der Waals surface area contributed by atoms with Crippen molar-refractivity contribution < 1.29 is 8.76 Å². The second-order valence-electron chi connectivity index (χ2n) is 4.87. The Labute approximate surface area is 125 Å². The lowest BCUT2D eigenvalue weighted by Crippen LogP contribution is -1.95. The van der Waals surface area contributed by atoms with Crippen molar-refractivity contribution in [3.8, 4) is 0 Å². The smallest absolute Gasteiger partial charge is 0.0704 e. The van der Waals surface area contributed by atoms with Crippen LogP contribution in [0.25, 0.3) is 10.9 Å². The van der Waals surface area contributed by atoms with Crippen molar-refractivity contribution in [2.75, 3.05) is 0 Å². The van der Waals surface area contributed by atoms with E-state index >= 15 is 0 Å². The van der Waals surface area contributed by atoms with Gasteiger partial charge in [0.1, 0.15) is 0 Å². The van der Waals surface area contributed by atoms with Crippen LogP contribution in [0.2, 0.25) is 0 Å². The van der Waals surface area contributed by atoms with Gasteiger partial charge in [-0.2, -0.15) is 0 Å². The molecule has 0 amide bonds. The van der Waals surface area contributed by atoms with Gasteiger partial charge in [0.15, 0.2) is 0 Å². The van der Waals surface area contributed by atoms with E-state index in [9.17, 15) is 8.76 Å². The van der Waals surface area contributed by atoms with Crippen molar-refractivity contribution in [1.82, 2.24) is 4.98 Å². The molecular formula is C17H14NO2S-. The van der Waals surface area contributed by atoms with Gasteiger partial charge >= 0.3 is 0 Å². The number of hydrogen-bond acceptors (Lipinski definition) is 3. The average Bonchev–Trinajstić information content (AvgIpc) is 2.53. The van der Waals surface area contributed by atoms with Gasteiger partial charge in [-0.1, -0.05) is 30.3 Å². The van der Waals surface area contributed by atoms with E-state index in [4.69, 9.17) is 0 Å². The molecule has 0 aliphatic carbocycles. The van der Waals surface area contributed by atoms with Gasteiger partial charge in [-0.25, -0.2) is 0 Å². The summed E-state index contributed by atoms with van der Waals surface area (Å²) in [6.45, 7) is 0. The molecule has 2 aromatic carbocycles. The van der Waals surface area contributed by atoms with E-state index in [1.54, 1.807) is 12.1 Å². The monoisotopic (exact) mass is 296 g/mol. The predicted molar refractivity (Wildman–Crippen MR) is 82.8 cm³/mol. The maximum atomic E-state index is 10.8. The summed E-state index contributed by atoms with van der Waals surface area (Å²) in [4.78, 5) is 4.69. The van der Waals surface area contributed by atoms with Crippen LogP contribution in [0, 0.1) is 0 Å². The van der Waals surface area contributed by atoms with Crippen LogP contribution in [-0.4, -0.2) is 13.7 Å². The van der Waals surface area contributed by atoms with Gasteiger partial charge in [-0.15, -0.1) is 0 Å². The molecule has 1 aromatic heterocycles. The fourth-order valence-electron chi connectivity index (χ4n) is 2.42. The summed E-state index contributed by atoms with van der Waals surface area (Å²) in [7, 11) is 0. The molecule has 0 saturated heterocycles. The number of para-hydroxylation sites is 1. The van der Waals surface area contributed by atoms with Crippen LogP contribution in [0.3, 0.4) is 0 Å². The zero-order chi connectivity index (χ0) is 14.7. The number of rotatable bonds is 4. The van der Waals surface area contributed by atoms with Gasteiger partial charge in [0.2, 0.25) is 0 Å². The largest absolute Gasteiger partial charge is 0.768 e. The molecule has 4 heteroatoms. The first-order valence-corrected chi connectivity index (χ1v) is 7.82. The minimum absolute atomic E-state index is 0.327. The maximum absolute atomic E-state index is 10.8. The standard InChI is InChI=1S/C17H15NO2S/c19-21(20)15-9-6-13(7-10-15)5-8-14-11-12-18-17-4-2-1-3-16(14)17/h1-4,6-7,9-12H,5,8H2,(H,19,20)/p-1. The number of aromatic nitrogens is 1. The van der Waals surface area contributed by atoms with Crippen molar-refractivity contribution in [1.29, 1.82) is 0 Å². The Balaban J connectivity index is 1.79. The van der Waals surface area contributed by atoms with Crippen molar-refractivity contribution in [3.05, 3.63) is 71.9 Å². The third-order valence-electron chi connectivity index (χ3n) is 3.54. The molecule has 0 saturated carbocycles. The molecule has 0 fully saturated rings. The Bertz CT molecular complexity index is 779. The Morgan fingerprint density at radius 2 is 1.71 bits per heavy atom. The van der Waals surface area contributed by atoms with Crippen LogP contribution >= 0.6 is 0 Å². The number of pyridine rings is 1. The van der Waals surface area contributed by atoms with Crippen molar-refractivity contribution >= 4 is 22.0 Å². The topological polar surface area (TPSA) is 53.0 Å². The van der Waals surface area contributed by atoms with E-state index in [2.05, 4.69) is 11.1 Å². The molecule has 3 rings (SSSR count). The predicted octanol–water partition coefficient (Wildman–Crippen LogP) is 3.26. The van der Waals surface area contributed by atoms with E-state index < -0.39 is 11.1 Å². The summed E-state index contributed by atoms with van der Waals surface area (Å²) in [5.74, 6) is 0. The molecule has 0 spiro atoms. The quantitative estimate of drug-likeness (QED) is 0.694. The number of fused-ring (bicyclic) bond motifs is 1. The van der Waals surface area contributed by atoms with Crippen molar-refractivity contribution in [2.24, 2.45) is 0 Å². The summed E-state index contributed by atoms with van der Waals surface area (Å²) in [5.41, 5.74) is 3.40. The van der Waals surface area contributed by atoms with Gasteiger partial charge in [0, 0.05) is 16.5 Å². The second-order valence-corrected chi connectivity index (χ2v) is 5.81. The van der Waals surface area contributed by atoms with E-state index in [-0.39, 0.29) is 0 Å². The Hall–Kier alpha value is -2.04. The first-order valence-electron chi connectivity index (χ1n) is 6.75. The van der Waals surface area contributed by atoms with Gasteiger partial charge < -0.3 is 4.55 Å². The molecule has 21 heavy (non-hydrogen) atoms. The minimum atomic E-state index is -2.15. The SMILES string of the molecule is O=S([O-])c1ccc(CCc2ccnc3ccccc23)cc1.